The number of nitrogens with one attached hydrogen (secondary N) is 1. The second kappa shape index (κ2) is 12.5. The summed E-state index contributed by atoms with van der Waals surface area (Å²) in [5.74, 6) is -3.16. The van der Waals surface area contributed by atoms with E-state index in [4.69, 9.17) is 8.85 Å². The van der Waals surface area contributed by atoms with Crippen LogP contribution in [0, 0.1) is 5.92 Å². The first kappa shape index (κ1) is 26.4. The van der Waals surface area contributed by atoms with E-state index in [9.17, 15) is 8.42 Å². The molecule has 5 heterocycles. The van der Waals surface area contributed by atoms with Crippen LogP contribution in [0.3, 0.4) is 0 Å². The van der Waals surface area contributed by atoms with Crippen LogP contribution in [0.25, 0.3) is 10.9 Å². The van der Waals surface area contributed by atoms with Crippen LogP contribution in [0.15, 0.2) is 42.7 Å². The number of hydrogen-bond acceptors (Lipinski definition) is 8. The molecule has 0 spiro atoms. The summed E-state index contributed by atoms with van der Waals surface area (Å²) in [6.07, 6.45) is 5.84. The third-order valence-corrected chi connectivity index (χ3v) is 10.6. The molecule has 3 aromatic rings. The lowest BCUT2D eigenvalue weighted by molar-refractivity contribution is -0.0855. The topological polar surface area (TPSA) is 87.7 Å². The summed E-state index contributed by atoms with van der Waals surface area (Å²) in [5.41, 5.74) is 1.22. The Morgan fingerprint density at radius 3 is 2.58 bits per heavy atom. The van der Waals surface area contributed by atoms with Crippen molar-refractivity contribution in [3.8, 4) is 5.75 Å². The van der Waals surface area contributed by atoms with Crippen molar-refractivity contribution < 1.29 is 26.0 Å². The van der Waals surface area contributed by atoms with E-state index in [2.05, 4.69) is 20.2 Å². The van der Waals surface area contributed by atoms with Gasteiger partial charge in [-0.25, -0.2) is 27.2 Å². The fourth-order valence-corrected chi connectivity index (χ4v) is 7.57. The molecule has 11 heteroatoms. The number of ether oxygens (including phenoxy) is 1. The Morgan fingerprint density at radius 2 is 1.79 bits per heavy atom. The van der Waals surface area contributed by atoms with Gasteiger partial charge in [0.25, 0.3) is 5.92 Å². The van der Waals surface area contributed by atoms with Gasteiger partial charge >= 0.3 is 0 Å². The first-order valence-electron chi connectivity index (χ1n) is 16.7. The zero-order chi connectivity index (χ0) is 32.5. The number of piperidine rings is 1. The molecule has 7 rings (SSSR count). The lowest BCUT2D eigenvalue weighted by Crippen LogP contribution is -2.40. The highest BCUT2D eigenvalue weighted by Crippen LogP contribution is 2.42. The Kier molecular flexibility index (Phi) is 7.67. The number of hydrogen-bond donors (Lipinski definition) is 1. The van der Waals surface area contributed by atoms with Crippen molar-refractivity contribution in [2.45, 2.75) is 57.3 Å². The number of anilines is 2. The van der Waals surface area contributed by atoms with Crippen molar-refractivity contribution in [2.24, 2.45) is 5.92 Å². The van der Waals surface area contributed by atoms with Crippen LogP contribution in [-0.2, 0) is 15.8 Å². The van der Waals surface area contributed by atoms with Gasteiger partial charge in [-0.05, 0) is 69.9 Å². The molecule has 0 unspecified atom stereocenters. The molecule has 4 aliphatic heterocycles. The molecule has 43 heavy (non-hydrogen) atoms. The minimum absolute atomic E-state index is 0.0258. The molecule has 1 N–H and O–H groups in total. The standard InChI is InChI=1S/C32H41F2N5O3S/c1-23-24-7-6-8-26(19-24)32(33,34)25-9-12-38(13-10-25)11-4-2-3-5-16-42-29-21-27(39-14-17-43(40,41)18-15-39)20-28-30(29)35-22-36-31(28)37-23/h6-8,19-23,25H,2-5,9-18H2,1H3,(H,35,36,37)/t23-/m1/s1/i1D3. The van der Waals surface area contributed by atoms with Crippen molar-refractivity contribution in [2.75, 3.05) is 61.1 Å². The zero-order valence-corrected chi connectivity index (χ0v) is 25.1. The number of sulfone groups is 1. The van der Waals surface area contributed by atoms with Crippen molar-refractivity contribution in [3.05, 3.63) is 53.9 Å². The summed E-state index contributed by atoms with van der Waals surface area (Å²) in [6, 6.07) is 8.07. The van der Waals surface area contributed by atoms with Crippen molar-refractivity contribution in [1.82, 2.24) is 14.9 Å². The number of alkyl halides is 2. The van der Waals surface area contributed by atoms with Gasteiger partial charge in [0.2, 0.25) is 0 Å². The fourth-order valence-electron chi connectivity index (χ4n) is 6.37. The number of aromatic nitrogens is 2. The Morgan fingerprint density at radius 1 is 1.00 bits per heavy atom. The van der Waals surface area contributed by atoms with Crippen LogP contribution in [0.2, 0.25) is 0 Å². The molecule has 1 atom stereocenters. The molecule has 4 aliphatic rings. The van der Waals surface area contributed by atoms with Crippen molar-refractivity contribution in [1.29, 1.82) is 0 Å². The van der Waals surface area contributed by atoms with Gasteiger partial charge in [0.15, 0.2) is 9.84 Å². The molecule has 232 valence electrons. The molecule has 8 bridgehead atoms. The lowest BCUT2D eigenvalue weighted by Gasteiger charge is -2.36. The number of benzene rings is 2. The van der Waals surface area contributed by atoms with E-state index in [0.29, 0.717) is 68.0 Å². The first-order valence-corrected chi connectivity index (χ1v) is 17.1. The quantitative estimate of drug-likeness (QED) is 0.368. The van der Waals surface area contributed by atoms with E-state index in [1.165, 1.54) is 24.5 Å². The van der Waals surface area contributed by atoms with Crippen LogP contribution in [-0.4, -0.2) is 74.1 Å². The summed E-state index contributed by atoms with van der Waals surface area (Å²) in [4.78, 5) is 13.1. The van der Waals surface area contributed by atoms with E-state index in [1.807, 2.05) is 17.0 Å². The first-order chi connectivity index (χ1) is 21.9. The van der Waals surface area contributed by atoms with E-state index >= 15 is 8.78 Å². The minimum Gasteiger partial charge on any atom is -0.491 e. The maximum atomic E-state index is 16.0. The Bertz CT molecular complexity index is 1640. The average molecular weight is 617 g/mol. The van der Waals surface area contributed by atoms with Crippen LogP contribution >= 0.6 is 0 Å². The van der Waals surface area contributed by atoms with Crippen LogP contribution in [0.1, 0.15) is 66.7 Å². The second-order valence-electron chi connectivity index (χ2n) is 11.9. The van der Waals surface area contributed by atoms with Crippen LogP contribution in [0.5, 0.6) is 5.75 Å². The predicted octanol–water partition coefficient (Wildman–Crippen LogP) is 5.79. The third-order valence-electron chi connectivity index (χ3n) is 9.01. The van der Waals surface area contributed by atoms with E-state index in [0.717, 1.165) is 32.2 Å². The van der Waals surface area contributed by atoms with Gasteiger partial charge in [0.1, 0.15) is 23.4 Å². The number of rotatable bonds is 1. The minimum atomic E-state index is -3.12. The van der Waals surface area contributed by atoms with Gasteiger partial charge in [-0.2, -0.15) is 0 Å². The molecular weight excluding hydrogens is 572 g/mol. The fraction of sp³-hybridized carbons (Fsp3) is 0.562. The van der Waals surface area contributed by atoms with Gasteiger partial charge in [-0.1, -0.05) is 31.0 Å². The Labute approximate surface area is 257 Å². The number of halogens is 2. The summed E-state index contributed by atoms with van der Waals surface area (Å²) in [5, 5.41) is 3.56. The van der Waals surface area contributed by atoms with Gasteiger partial charge in [-0.15, -0.1) is 0 Å². The van der Waals surface area contributed by atoms with Crippen molar-refractivity contribution >= 4 is 32.2 Å². The maximum Gasteiger partial charge on any atom is 0.276 e. The summed E-state index contributed by atoms with van der Waals surface area (Å²) in [6.45, 7) is 0.562. The lowest BCUT2D eigenvalue weighted by atomic mass is 9.85. The van der Waals surface area contributed by atoms with Gasteiger partial charge in [0.05, 0.1) is 18.1 Å². The molecule has 0 saturated carbocycles. The second-order valence-corrected chi connectivity index (χ2v) is 14.2. The summed E-state index contributed by atoms with van der Waals surface area (Å²) >= 11 is 0. The molecule has 2 aromatic carbocycles. The third kappa shape index (κ3) is 6.72. The normalized spacial score (nSPS) is 27.6. The van der Waals surface area contributed by atoms with E-state index in [-0.39, 0.29) is 28.5 Å². The Balaban J connectivity index is 1.42. The highest BCUT2D eigenvalue weighted by atomic mass is 32.2. The molecule has 8 nitrogen and oxygen atoms in total. The number of fused-ring (bicyclic) bond motifs is 9. The van der Waals surface area contributed by atoms with Crippen LogP contribution < -0.4 is 15.0 Å². The monoisotopic (exact) mass is 616 g/mol. The van der Waals surface area contributed by atoms with Gasteiger partial charge in [0, 0.05) is 51.9 Å². The molecule has 1 aromatic heterocycles. The van der Waals surface area contributed by atoms with Gasteiger partial charge < -0.3 is 19.9 Å². The smallest absolute Gasteiger partial charge is 0.276 e. The Hall–Kier alpha value is -3.05. The molecule has 2 fully saturated rings. The van der Waals surface area contributed by atoms with E-state index < -0.39 is 34.6 Å². The van der Waals surface area contributed by atoms with Gasteiger partial charge in [-0.3, -0.25) is 0 Å². The zero-order valence-electron chi connectivity index (χ0n) is 27.3. The molecular formula is C32H41F2N5O3S. The SMILES string of the molecule is [2H]C([2H])([2H])[C@H]1Nc2ncnc3c(cc(N4CCS(=O)(=O)CC4)cc23)OCCCCCCN2CCC(CC2)C(F)(F)c2cccc1c2. The largest absolute Gasteiger partial charge is 0.491 e. The summed E-state index contributed by atoms with van der Waals surface area (Å²) in [7, 11) is -3.12. The highest BCUT2D eigenvalue weighted by Gasteiger charge is 2.42. The molecule has 0 radical (unpaired) electrons. The summed E-state index contributed by atoms with van der Waals surface area (Å²) < 4.78 is 87.7. The molecule has 0 amide bonds. The number of nitrogens with zero attached hydrogens (tertiary/aromatic N) is 4. The average Bonchev–Trinajstić information content (AvgIpc) is 3.02. The van der Waals surface area contributed by atoms with Crippen LogP contribution in [0.4, 0.5) is 20.3 Å². The maximum absolute atomic E-state index is 16.0. The predicted molar refractivity (Wildman–Crippen MR) is 166 cm³/mol. The van der Waals surface area contributed by atoms with E-state index in [1.54, 1.807) is 6.07 Å². The van der Waals surface area contributed by atoms with Crippen molar-refractivity contribution in [3.63, 3.8) is 0 Å². The highest BCUT2D eigenvalue weighted by molar-refractivity contribution is 7.91. The molecule has 0 aliphatic carbocycles. The molecule has 2 saturated heterocycles.